The molecule has 5 heteroatoms. The van der Waals surface area contributed by atoms with Crippen molar-refractivity contribution in [1.82, 2.24) is 0 Å². The van der Waals surface area contributed by atoms with Crippen LogP contribution in [0, 0.1) is 0 Å². The van der Waals surface area contributed by atoms with Gasteiger partial charge in [-0.25, -0.2) is 0 Å². The molecule has 0 spiro atoms. The van der Waals surface area contributed by atoms with Crippen molar-refractivity contribution in [2.45, 2.75) is 31.6 Å². The van der Waals surface area contributed by atoms with Crippen molar-refractivity contribution < 1.29 is 14.3 Å². The van der Waals surface area contributed by atoms with Crippen LogP contribution in [-0.2, 0) is 14.3 Å². The monoisotopic (exact) mass is 188 g/mol. The number of primary amides is 1. The quantitative estimate of drug-likeness (QED) is 0.592. The zero-order chi connectivity index (χ0) is 9.84. The molecule has 1 aliphatic rings. The SMILES string of the molecule is CC1CC(N)C(COCC(N)=O)O1. The highest BCUT2D eigenvalue weighted by Gasteiger charge is 2.29. The molecule has 0 aromatic carbocycles. The highest BCUT2D eigenvalue weighted by atomic mass is 16.5. The van der Waals surface area contributed by atoms with E-state index >= 15 is 0 Å². The van der Waals surface area contributed by atoms with E-state index in [2.05, 4.69) is 0 Å². The molecule has 0 saturated carbocycles. The molecule has 1 saturated heterocycles. The van der Waals surface area contributed by atoms with Crippen LogP contribution in [0.25, 0.3) is 0 Å². The standard InChI is InChI=1S/C8H16N2O3/c1-5-2-6(9)7(13-5)3-12-4-8(10)11/h5-7H,2-4,9H2,1H3,(H2,10,11). The molecule has 0 aliphatic carbocycles. The Bertz CT molecular complexity index is 186. The minimum atomic E-state index is -0.473. The lowest BCUT2D eigenvalue weighted by Gasteiger charge is -2.14. The molecule has 76 valence electrons. The number of carbonyl (C=O) groups excluding carboxylic acids is 1. The minimum Gasteiger partial charge on any atom is -0.371 e. The van der Waals surface area contributed by atoms with Gasteiger partial charge in [-0.1, -0.05) is 0 Å². The third kappa shape index (κ3) is 3.30. The summed E-state index contributed by atoms with van der Waals surface area (Å²) < 4.78 is 10.5. The van der Waals surface area contributed by atoms with E-state index < -0.39 is 5.91 Å². The van der Waals surface area contributed by atoms with Gasteiger partial charge in [-0.3, -0.25) is 4.79 Å². The Morgan fingerprint density at radius 1 is 1.69 bits per heavy atom. The average molecular weight is 188 g/mol. The van der Waals surface area contributed by atoms with E-state index in [1.807, 2.05) is 6.92 Å². The van der Waals surface area contributed by atoms with Crippen molar-refractivity contribution in [3.8, 4) is 0 Å². The van der Waals surface area contributed by atoms with Crippen LogP contribution in [-0.4, -0.2) is 37.4 Å². The predicted molar refractivity (Wildman–Crippen MR) is 46.9 cm³/mol. The Balaban J connectivity index is 2.18. The molecule has 0 aromatic rings. The maximum Gasteiger partial charge on any atom is 0.243 e. The van der Waals surface area contributed by atoms with Gasteiger partial charge in [-0.2, -0.15) is 0 Å². The second-order valence-corrected chi connectivity index (χ2v) is 3.37. The van der Waals surface area contributed by atoms with E-state index in [-0.39, 0.29) is 24.9 Å². The van der Waals surface area contributed by atoms with E-state index in [0.29, 0.717) is 6.61 Å². The first kappa shape index (κ1) is 10.4. The summed E-state index contributed by atoms with van der Waals surface area (Å²) in [6.45, 7) is 2.24. The van der Waals surface area contributed by atoms with E-state index in [9.17, 15) is 4.79 Å². The molecule has 1 fully saturated rings. The Morgan fingerprint density at radius 2 is 2.38 bits per heavy atom. The molecule has 3 atom stereocenters. The van der Waals surface area contributed by atoms with Gasteiger partial charge in [0.05, 0.1) is 18.8 Å². The van der Waals surface area contributed by atoms with Crippen LogP contribution in [0.4, 0.5) is 0 Å². The van der Waals surface area contributed by atoms with Crippen LogP contribution in [0.3, 0.4) is 0 Å². The Morgan fingerprint density at radius 3 is 2.85 bits per heavy atom. The Labute approximate surface area is 77.4 Å². The van der Waals surface area contributed by atoms with Gasteiger partial charge >= 0.3 is 0 Å². The van der Waals surface area contributed by atoms with E-state index in [4.69, 9.17) is 20.9 Å². The van der Waals surface area contributed by atoms with Gasteiger partial charge in [-0.15, -0.1) is 0 Å². The normalized spacial score (nSPS) is 33.5. The first-order valence-corrected chi connectivity index (χ1v) is 4.36. The number of amides is 1. The Hall–Kier alpha value is -0.650. The van der Waals surface area contributed by atoms with Gasteiger partial charge in [-0.05, 0) is 13.3 Å². The van der Waals surface area contributed by atoms with Crippen molar-refractivity contribution >= 4 is 5.91 Å². The van der Waals surface area contributed by atoms with Crippen molar-refractivity contribution in [2.75, 3.05) is 13.2 Å². The molecule has 4 N–H and O–H groups in total. The van der Waals surface area contributed by atoms with Gasteiger partial charge in [0.2, 0.25) is 5.91 Å². The first-order valence-electron chi connectivity index (χ1n) is 4.36. The average Bonchev–Trinajstić information content (AvgIpc) is 2.29. The van der Waals surface area contributed by atoms with Gasteiger partial charge in [0, 0.05) is 6.04 Å². The smallest absolute Gasteiger partial charge is 0.243 e. The summed E-state index contributed by atoms with van der Waals surface area (Å²) in [6.07, 6.45) is 0.913. The van der Waals surface area contributed by atoms with Crippen LogP contribution in [0.1, 0.15) is 13.3 Å². The minimum absolute atomic E-state index is 0.00266. The van der Waals surface area contributed by atoms with Gasteiger partial charge in [0.25, 0.3) is 0 Å². The largest absolute Gasteiger partial charge is 0.371 e. The Kier molecular flexibility index (Phi) is 3.65. The van der Waals surface area contributed by atoms with E-state index in [0.717, 1.165) is 6.42 Å². The molecule has 3 unspecified atom stereocenters. The summed E-state index contributed by atoms with van der Waals surface area (Å²) in [5.74, 6) is -0.473. The lowest BCUT2D eigenvalue weighted by molar-refractivity contribution is -0.124. The summed E-state index contributed by atoms with van der Waals surface area (Å²) in [4.78, 5) is 10.3. The van der Waals surface area contributed by atoms with E-state index in [1.54, 1.807) is 0 Å². The van der Waals surface area contributed by atoms with E-state index in [1.165, 1.54) is 0 Å². The summed E-state index contributed by atoms with van der Waals surface area (Å²) >= 11 is 0. The fraction of sp³-hybridized carbons (Fsp3) is 0.875. The van der Waals surface area contributed by atoms with Crippen molar-refractivity contribution in [2.24, 2.45) is 11.5 Å². The maximum atomic E-state index is 10.3. The molecular formula is C8H16N2O3. The highest BCUT2D eigenvalue weighted by Crippen LogP contribution is 2.18. The molecule has 0 radical (unpaired) electrons. The van der Waals surface area contributed by atoms with Crippen LogP contribution < -0.4 is 11.5 Å². The number of ether oxygens (including phenoxy) is 2. The number of carbonyl (C=O) groups is 1. The number of rotatable bonds is 4. The number of nitrogens with two attached hydrogens (primary N) is 2. The summed E-state index contributed by atoms with van der Waals surface area (Å²) in [5, 5.41) is 0. The third-order valence-electron chi connectivity index (χ3n) is 2.02. The van der Waals surface area contributed by atoms with Crippen LogP contribution >= 0.6 is 0 Å². The second-order valence-electron chi connectivity index (χ2n) is 3.37. The topological polar surface area (TPSA) is 87.6 Å². The molecule has 5 nitrogen and oxygen atoms in total. The summed E-state index contributed by atoms with van der Waals surface area (Å²) in [5.41, 5.74) is 10.7. The molecule has 0 bridgehead atoms. The molecule has 1 aliphatic heterocycles. The lowest BCUT2D eigenvalue weighted by atomic mass is 10.1. The van der Waals surface area contributed by atoms with Crippen molar-refractivity contribution in [3.63, 3.8) is 0 Å². The fourth-order valence-corrected chi connectivity index (χ4v) is 1.43. The second kappa shape index (κ2) is 4.55. The molecule has 13 heavy (non-hydrogen) atoms. The molecular weight excluding hydrogens is 172 g/mol. The van der Waals surface area contributed by atoms with Gasteiger partial charge in [0.1, 0.15) is 6.61 Å². The van der Waals surface area contributed by atoms with Crippen molar-refractivity contribution in [1.29, 1.82) is 0 Å². The zero-order valence-electron chi connectivity index (χ0n) is 7.73. The van der Waals surface area contributed by atoms with Gasteiger partial charge in [0.15, 0.2) is 0 Å². The summed E-state index contributed by atoms with van der Waals surface area (Å²) in [6, 6.07) is 0.00266. The third-order valence-corrected chi connectivity index (χ3v) is 2.02. The van der Waals surface area contributed by atoms with Gasteiger partial charge < -0.3 is 20.9 Å². The van der Waals surface area contributed by atoms with Crippen LogP contribution in [0.5, 0.6) is 0 Å². The maximum absolute atomic E-state index is 10.3. The fourth-order valence-electron chi connectivity index (χ4n) is 1.43. The molecule has 1 rings (SSSR count). The molecule has 1 heterocycles. The highest BCUT2D eigenvalue weighted by molar-refractivity contribution is 5.74. The first-order chi connectivity index (χ1) is 6.09. The molecule has 0 aromatic heterocycles. The van der Waals surface area contributed by atoms with Crippen LogP contribution in [0.2, 0.25) is 0 Å². The predicted octanol–water partition coefficient (Wildman–Crippen LogP) is -1.01. The molecule has 1 amide bonds. The summed E-state index contributed by atoms with van der Waals surface area (Å²) in [7, 11) is 0. The zero-order valence-corrected chi connectivity index (χ0v) is 7.73. The van der Waals surface area contributed by atoms with Crippen LogP contribution in [0.15, 0.2) is 0 Å². The lowest BCUT2D eigenvalue weighted by Crippen LogP contribution is -2.35. The number of hydrogen-bond donors (Lipinski definition) is 2. The number of hydrogen-bond acceptors (Lipinski definition) is 4. The van der Waals surface area contributed by atoms with Crippen molar-refractivity contribution in [3.05, 3.63) is 0 Å².